The summed E-state index contributed by atoms with van der Waals surface area (Å²) in [6.07, 6.45) is 7.93. The zero-order valence-electron chi connectivity index (χ0n) is 9.65. The zero-order chi connectivity index (χ0) is 13.7. The van der Waals surface area contributed by atoms with Crippen LogP contribution in [0.5, 0.6) is 0 Å². The Morgan fingerprint density at radius 1 is 1.47 bits per heavy atom. The van der Waals surface area contributed by atoms with Gasteiger partial charge in [0.15, 0.2) is 12.0 Å². The Bertz CT molecular complexity index is 590. The van der Waals surface area contributed by atoms with Gasteiger partial charge in [0, 0.05) is 12.3 Å². The molecule has 1 aliphatic rings. The third-order valence-electron chi connectivity index (χ3n) is 2.18. The van der Waals surface area contributed by atoms with E-state index in [1.807, 2.05) is 0 Å². The van der Waals surface area contributed by atoms with Crippen molar-refractivity contribution in [1.29, 1.82) is 0 Å². The van der Waals surface area contributed by atoms with Crippen molar-refractivity contribution < 1.29 is 14.5 Å². The fourth-order valence-electron chi connectivity index (χ4n) is 1.30. The lowest BCUT2D eigenvalue weighted by Gasteiger charge is -2.06. The number of pyridine rings is 1. The molecule has 96 valence electrons. The Hall–Kier alpha value is -2.96. The number of hydrogen-bond donors (Lipinski definition) is 1. The van der Waals surface area contributed by atoms with Gasteiger partial charge in [0.2, 0.25) is 0 Å². The van der Waals surface area contributed by atoms with E-state index in [4.69, 9.17) is 4.74 Å². The molecule has 7 nitrogen and oxygen atoms in total. The molecule has 19 heavy (non-hydrogen) atoms. The summed E-state index contributed by atoms with van der Waals surface area (Å²) in [5.41, 5.74) is 0.268. The summed E-state index contributed by atoms with van der Waals surface area (Å²) >= 11 is 0. The van der Waals surface area contributed by atoms with Gasteiger partial charge in [-0.05, 0) is 18.2 Å². The highest BCUT2D eigenvalue weighted by atomic mass is 16.6. The molecule has 0 aliphatic carbocycles. The number of nitrogens with zero attached hydrogens (tertiary/aromatic N) is 2. The smallest absolute Gasteiger partial charge is 0.304 e. The molecule has 1 aromatic heterocycles. The number of hydrogen-bond acceptors (Lipinski definition) is 5. The van der Waals surface area contributed by atoms with Crippen LogP contribution in [-0.4, -0.2) is 15.8 Å². The predicted octanol–water partition coefficient (Wildman–Crippen LogP) is 1.61. The molecule has 7 heteroatoms. The molecule has 1 N–H and O–H groups in total. The van der Waals surface area contributed by atoms with Gasteiger partial charge in [-0.3, -0.25) is 19.9 Å². The molecule has 0 bridgehead atoms. The highest BCUT2D eigenvalue weighted by Gasteiger charge is 2.15. The molecule has 1 aromatic rings. The van der Waals surface area contributed by atoms with Crippen molar-refractivity contribution in [2.75, 3.05) is 5.32 Å². The number of allylic oxidation sites excluding steroid dienone is 3. The maximum Gasteiger partial charge on any atom is 0.304 e. The Kier molecular flexibility index (Phi) is 3.67. The van der Waals surface area contributed by atoms with Crippen molar-refractivity contribution in [3.63, 3.8) is 0 Å². The lowest BCUT2D eigenvalue weighted by molar-refractivity contribution is -0.420. The van der Waals surface area contributed by atoms with Crippen LogP contribution in [0.3, 0.4) is 0 Å². The molecule has 2 rings (SSSR count). The van der Waals surface area contributed by atoms with Crippen molar-refractivity contribution in [2.45, 2.75) is 0 Å². The lowest BCUT2D eigenvalue weighted by Crippen LogP contribution is -2.15. The fourth-order valence-corrected chi connectivity index (χ4v) is 1.30. The summed E-state index contributed by atoms with van der Waals surface area (Å²) in [7, 11) is 0. The summed E-state index contributed by atoms with van der Waals surface area (Å²) in [6, 6.07) is 3.33. The van der Waals surface area contributed by atoms with E-state index < -0.39 is 10.8 Å². The molecular weight excluding hydrogens is 250 g/mol. The Morgan fingerprint density at radius 3 is 3.00 bits per heavy atom. The molecular formula is C12H9N3O4. The van der Waals surface area contributed by atoms with Crippen LogP contribution in [0, 0.1) is 10.1 Å². The second-order valence-corrected chi connectivity index (χ2v) is 3.50. The third-order valence-corrected chi connectivity index (χ3v) is 2.18. The minimum atomic E-state index is -0.605. The second-order valence-electron chi connectivity index (χ2n) is 3.50. The van der Waals surface area contributed by atoms with Crippen molar-refractivity contribution in [3.8, 4) is 0 Å². The first-order chi connectivity index (χ1) is 9.16. The van der Waals surface area contributed by atoms with Gasteiger partial charge in [-0.2, -0.15) is 0 Å². The van der Waals surface area contributed by atoms with E-state index in [9.17, 15) is 14.9 Å². The largest absolute Gasteiger partial charge is 0.452 e. The van der Waals surface area contributed by atoms with E-state index in [-0.39, 0.29) is 11.5 Å². The first-order valence-electron chi connectivity index (χ1n) is 5.28. The van der Waals surface area contributed by atoms with E-state index in [0.29, 0.717) is 5.69 Å². The Labute approximate surface area is 108 Å². The maximum absolute atomic E-state index is 11.8. The highest BCUT2D eigenvalue weighted by Crippen LogP contribution is 2.12. The maximum atomic E-state index is 11.8. The highest BCUT2D eigenvalue weighted by molar-refractivity contribution is 6.02. The number of rotatable bonds is 3. The van der Waals surface area contributed by atoms with Crippen molar-refractivity contribution >= 4 is 11.6 Å². The van der Waals surface area contributed by atoms with Crippen LogP contribution in [0.25, 0.3) is 0 Å². The first-order valence-corrected chi connectivity index (χ1v) is 5.28. The SMILES string of the molecule is O=C(Nc1cccnc1)C1=CC=CC([N+](=O)[O-])=CO1. The van der Waals surface area contributed by atoms with Gasteiger partial charge in [0.1, 0.15) is 0 Å². The monoisotopic (exact) mass is 259 g/mol. The number of ether oxygens (including phenoxy) is 1. The van der Waals surface area contributed by atoms with Crippen LogP contribution in [0.15, 0.2) is 60.5 Å². The Balaban J connectivity index is 2.07. The number of carbonyl (C=O) groups excluding carboxylic acids is 1. The van der Waals surface area contributed by atoms with Crippen LogP contribution in [0.1, 0.15) is 0 Å². The van der Waals surface area contributed by atoms with Gasteiger partial charge in [0.05, 0.1) is 16.8 Å². The molecule has 0 fully saturated rings. The van der Waals surface area contributed by atoms with Crippen LogP contribution in [0.4, 0.5) is 5.69 Å². The third kappa shape index (κ3) is 3.25. The minimum Gasteiger partial charge on any atom is -0.452 e. The molecule has 0 unspecified atom stereocenters. The van der Waals surface area contributed by atoms with Crippen molar-refractivity contribution in [3.05, 3.63) is 70.6 Å². The second kappa shape index (κ2) is 5.58. The molecule has 0 aromatic carbocycles. The molecule has 0 saturated carbocycles. The summed E-state index contributed by atoms with van der Waals surface area (Å²) in [4.78, 5) is 25.6. The lowest BCUT2D eigenvalue weighted by atomic mass is 10.3. The minimum absolute atomic E-state index is 0.0445. The van der Waals surface area contributed by atoms with Crippen LogP contribution in [0.2, 0.25) is 0 Å². The van der Waals surface area contributed by atoms with Crippen molar-refractivity contribution in [1.82, 2.24) is 4.98 Å². The van der Waals surface area contributed by atoms with Gasteiger partial charge in [-0.15, -0.1) is 0 Å². The number of aromatic nitrogens is 1. The van der Waals surface area contributed by atoms with E-state index in [2.05, 4.69) is 10.3 Å². The number of amides is 1. The molecule has 0 saturated heterocycles. The number of anilines is 1. The average Bonchev–Trinajstić information content (AvgIpc) is 2.65. The summed E-state index contributed by atoms with van der Waals surface area (Å²) in [5.74, 6) is -0.560. The van der Waals surface area contributed by atoms with Gasteiger partial charge in [-0.1, -0.05) is 6.08 Å². The molecule has 2 heterocycles. The standard InChI is InChI=1S/C12H9N3O4/c16-12(14-9-3-2-6-13-7-9)11-5-1-4-10(8-19-11)15(17)18/h1-8H,(H,14,16). The molecule has 1 aliphatic heterocycles. The van der Waals surface area contributed by atoms with Crippen molar-refractivity contribution in [2.24, 2.45) is 0 Å². The van der Waals surface area contributed by atoms with Gasteiger partial charge in [0.25, 0.3) is 5.91 Å². The van der Waals surface area contributed by atoms with E-state index in [1.54, 1.807) is 18.3 Å². The van der Waals surface area contributed by atoms with E-state index >= 15 is 0 Å². The molecule has 1 amide bonds. The van der Waals surface area contributed by atoms with Gasteiger partial charge < -0.3 is 10.1 Å². The van der Waals surface area contributed by atoms with E-state index in [0.717, 1.165) is 6.26 Å². The summed E-state index contributed by atoms with van der Waals surface area (Å²) in [5, 5.41) is 13.1. The van der Waals surface area contributed by atoms with Gasteiger partial charge in [-0.25, -0.2) is 0 Å². The number of carbonyl (C=O) groups is 1. The predicted molar refractivity (Wildman–Crippen MR) is 66.3 cm³/mol. The topological polar surface area (TPSA) is 94.4 Å². The zero-order valence-corrected chi connectivity index (χ0v) is 9.65. The summed E-state index contributed by atoms with van der Waals surface area (Å²) < 4.78 is 4.97. The number of nitro groups is 1. The van der Waals surface area contributed by atoms with E-state index in [1.165, 1.54) is 24.4 Å². The molecule has 0 atom stereocenters. The normalized spacial score (nSPS) is 13.7. The van der Waals surface area contributed by atoms with Gasteiger partial charge >= 0.3 is 5.70 Å². The number of nitrogens with one attached hydrogen (secondary N) is 1. The van der Waals surface area contributed by atoms with Crippen LogP contribution < -0.4 is 5.32 Å². The summed E-state index contributed by atoms with van der Waals surface area (Å²) in [6.45, 7) is 0. The first kappa shape index (κ1) is 12.5. The Morgan fingerprint density at radius 2 is 2.32 bits per heavy atom. The fraction of sp³-hybridized carbons (Fsp3) is 0. The molecule has 0 radical (unpaired) electrons. The quantitative estimate of drug-likeness (QED) is 0.657. The van der Waals surface area contributed by atoms with Crippen LogP contribution >= 0.6 is 0 Å². The molecule has 0 spiro atoms. The van der Waals surface area contributed by atoms with Crippen LogP contribution in [-0.2, 0) is 9.53 Å². The average molecular weight is 259 g/mol.